The van der Waals surface area contributed by atoms with Crippen LogP contribution in [0.4, 0.5) is 5.13 Å². The number of amides is 1. The lowest BCUT2D eigenvalue weighted by atomic mass is 10.2. The van der Waals surface area contributed by atoms with Crippen molar-refractivity contribution in [2.24, 2.45) is 0 Å². The first-order valence-electron chi connectivity index (χ1n) is 10.3. The molecule has 32 heavy (non-hydrogen) atoms. The van der Waals surface area contributed by atoms with Crippen LogP contribution in [0.3, 0.4) is 0 Å². The summed E-state index contributed by atoms with van der Waals surface area (Å²) in [5.74, 6) is 0.706. The molecule has 0 bridgehead atoms. The van der Waals surface area contributed by atoms with Gasteiger partial charge in [0.1, 0.15) is 5.65 Å². The predicted molar refractivity (Wildman–Crippen MR) is 132 cm³/mol. The SMILES string of the molecule is O=C(NCCNc1nc2ccccc2s1)c1ccc(SCc2cn3ccccc3n2)cc1. The first-order chi connectivity index (χ1) is 15.7. The number of nitrogens with zero attached hydrogens (tertiary/aromatic N) is 3. The average Bonchev–Trinajstić information content (AvgIpc) is 3.44. The van der Waals surface area contributed by atoms with Gasteiger partial charge in [-0.05, 0) is 48.5 Å². The van der Waals surface area contributed by atoms with Gasteiger partial charge in [0, 0.05) is 41.7 Å². The molecule has 8 heteroatoms. The highest BCUT2D eigenvalue weighted by atomic mass is 32.2. The second kappa shape index (κ2) is 9.42. The fraction of sp³-hybridized carbons (Fsp3) is 0.125. The molecule has 5 aromatic rings. The largest absolute Gasteiger partial charge is 0.360 e. The van der Waals surface area contributed by atoms with Gasteiger partial charge in [-0.1, -0.05) is 29.5 Å². The van der Waals surface area contributed by atoms with Crippen LogP contribution >= 0.6 is 23.1 Å². The number of thioether (sulfide) groups is 1. The molecule has 160 valence electrons. The molecule has 0 aliphatic carbocycles. The van der Waals surface area contributed by atoms with E-state index < -0.39 is 0 Å². The third kappa shape index (κ3) is 4.76. The summed E-state index contributed by atoms with van der Waals surface area (Å²) in [6, 6.07) is 21.7. The first kappa shape index (κ1) is 20.5. The van der Waals surface area contributed by atoms with Gasteiger partial charge in [0.2, 0.25) is 0 Å². The number of hydrogen-bond donors (Lipinski definition) is 2. The molecule has 2 aromatic carbocycles. The Kier molecular flexibility index (Phi) is 6.04. The van der Waals surface area contributed by atoms with Crippen molar-refractivity contribution in [3.8, 4) is 0 Å². The molecule has 2 N–H and O–H groups in total. The Morgan fingerprint density at radius 1 is 0.969 bits per heavy atom. The van der Waals surface area contributed by atoms with E-state index in [1.807, 2.05) is 77.5 Å². The molecular weight excluding hydrogens is 438 g/mol. The van der Waals surface area contributed by atoms with Crippen molar-refractivity contribution in [3.05, 3.63) is 90.4 Å². The summed E-state index contributed by atoms with van der Waals surface area (Å²) >= 11 is 3.32. The summed E-state index contributed by atoms with van der Waals surface area (Å²) in [5.41, 5.74) is 3.63. The van der Waals surface area contributed by atoms with Crippen LogP contribution in [0.15, 0.2) is 84.0 Å². The van der Waals surface area contributed by atoms with E-state index in [9.17, 15) is 4.79 Å². The lowest BCUT2D eigenvalue weighted by Gasteiger charge is -2.07. The van der Waals surface area contributed by atoms with Crippen molar-refractivity contribution in [1.82, 2.24) is 19.7 Å². The third-order valence-corrected chi connectivity index (χ3v) is 6.94. The second-order valence-corrected chi connectivity index (χ2v) is 9.26. The van der Waals surface area contributed by atoms with Crippen LogP contribution in [0, 0.1) is 0 Å². The predicted octanol–water partition coefficient (Wildman–Crippen LogP) is 5.08. The molecule has 0 saturated carbocycles. The minimum Gasteiger partial charge on any atom is -0.360 e. The molecule has 0 aliphatic rings. The van der Waals surface area contributed by atoms with Gasteiger partial charge in [-0.3, -0.25) is 4.79 Å². The molecule has 6 nitrogen and oxygen atoms in total. The fourth-order valence-corrected chi connectivity index (χ4v) is 4.99. The zero-order chi connectivity index (χ0) is 21.8. The number of benzene rings is 2. The van der Waals surface area contributed by atoms with E-state index in [4.69, 9.17) is 0 Å². The number of nitrogens with one attached hydrogen (secondary N) is 2. The van der Waals surface area contributed by atoms with E-state index in [0.29, 0.717) is 18.7 Å². The number of para-hydroxylation sites is 1. The minimum atomic E-state index is -0.0759. The summed E-state index contributed by atoms with van der Waals surface area (Å²) < 4.78 is 3.17. The Hall–Kier alpha value is -3.36. The van der Waals surface area contributed by atoms with Crippen molar-refractivity contribution in [3.63, 3.8) is 0 Å². The summed E-state index contributed by atoms with van der Waals surface area (Å²) in [6.45, 7) is 1.15. The Bertz CT molecular complexity index is 1290. The minimum absolute atomic E-state index is 0.0759. The van der Waals surface area contributed by atoms with Gasteiger partial charge in [0.05, 0.1) is 15.9 Å². The monoisotopic (exact) mass is 459 g/mol. The van der Waals surface area contributed by atoms with E-state index in [0.717, 1.165) is 37.3 Å². The molecular formula is C24H21N5OS2. The van der Waals surface area contributed by atoms with E-state index in [1.165, 1.54) is 0 Å². The standard InChI is InChI=1S/C24H21N5OS2/c30-23(25-12-13-26-24-28-20-5-1-2-6-21(20)32-24)17-8-10-19(11-9-17)31-16-18-15-29-14-4-3-7-22(29)27-18/h1-11,14-15H,12-13,16H2,(H,25,30)(H,26,28). The van der Waals surface area contributed by atoms with Gasteiger partial charge in [-0.2, -0.15) is 0 Å². The maximum absolute atomic E-state index is 12.4. The quantitative estimate of drug-likeness (QED) is 0.250. The Labute approximate surface area is 193 Å². The molecule has 3 heterocycles. The van der Waals surface area contributed by atoms with Gasteiger partial charge in [-0.25, -0.2) is 9.97 Å². The van der Waals surface area contributed by atoms with Crippen LogP contribution in [0.5, 0.6) is 0 Å². The van der Waals surface area contributed by atoms with Gasteiger partial charge in [0.15, 0.2) is 5.13 Å². The highest BCUT2D eigenvalue weighted by molar-refractivity contribution is 7.98. The second-order valence-electron chi connectivity index (χ2n) is 7.18. The number of rotatable bonds is 8. The Morgan fingerprint density at radius 2 is 1.81 bits per heavy atom. The van der Waals surface area contributed by atoms with Crippen LogP contribution in [0.2, 0.25) is 0 Å². The van der Waals surface area contributed by atoms with Gasteiger partial charge < -0.3 is 15.0 Å². The summed E-state index contributed by atoms with van der Waals surface area (Å²) in [6.07, 6.45) is 4.05. The molecule has 0 spiro atoms. The normalized spacial score (nSPS) is 11.1. The molecule has 0 atom stereocenters. The summed E-state index contributed by atoms with van der Waals surface area (Å²) in [5, 5.41) is 7.09. The topological polar surface area (TPSA) is 71.3 Å². The third-order valence-electron chi connectivity index (χ3n) is 4.90. The van der Waals surface area contributed by atoms with Crippen molar-refractivity contribution in [1.29, 1.82) is 0 Å². The smallest absolute Gasteiger partial charge is 0.251 e. The number of anilines is 1. The summed E-state index contributed by atoms with van der Waals surface area (Å²) in [4.78, 5) is 22.7. The number of aromatic nitrogens is 3. The van der Waals surface area contributed by atoms with Crippen LogP contribution in [0.1, 0.15) is 16.1 Å². The number of thiazole rings is 1. The lowest BCUT2D eigenvalue weighted by Crippen LogP contribution is -2.28. The van der Waals surface area contributed by atoms with Crippen LogP contribution in [0.25, 0.3) is 15.9 Å². The number of carbonyl (C=O) groups is 1. The molecule has 0 saturated heterocycles. The molecule has 0 aliphatic heterocycles. The molecule has 0 fully saturated rings. The molecule has 0 unspecified atom stereocenters. The highest BCUT2D eigenvalue weighted by Gasteiger charge is 2.07. The Balaban J connectivity index is 1.09. The fourth-order valence-electron chi connectivity index (χ4n) is 3.31. The van der Waals surface area contributed by atoms with E-state index in [2.05, 4.69) is 26.7 Å². The lowest BCUT2D eigenvalue weighted by molar-refractivity contribution is 0.0955. The van der Waals surface area contributed by atoms with E-state index >= 15 is 0 Å². The number of imidazole rings is 1. The number of pyridine rings is 1. The Morgan fingerprint density at radius 3 is 2.66 bits per heavy atom. The maximum atomic E-state index is 12.4. The van der Waals surface area contributed by atoms with Crippen LogP contribution in [-0.4, -0.2) is 33.4 Å². The number of fused-ring (bicyclic) bond motifs is 2. The summed E-state index contributed by atoms with van der Waals surface area (Å²) in [7, 11) is 0. The van der Waals surface area contributed by atoms with E-state index in [-0.39, 0.29) is 5.91 Å². The van der Waals surface area contributed by atoms with Crippen molar-refractivity contribution < 1.29 is 4.79 Å². The molecule has 3 aromatic heterocycles. The zero-order valence-electron chi connectivity index (χ0n) is 17.2. The zero-order valence-corrected chi connectivity index (χ0v) is 18.8. The molecule has 5 rings (SSSR count). The first-order valence-corrected chi connectivity index (χ1v) is 12.1. The van der Waals surface area contributed by atoms with Crippen molar-refractivity contribution in [2.75, 3.05) is 18.4 Å². The van der Waals surface area contributed by atoms with Gasteiger partial charge in [-0.15, -0.1) is 11.8 Å². The highest BCUT2D eigenvalue weighted by Crippen LogP contribution is 2.25. The van der Waals surface area contributed by atoms with Gasteiger partial charge >= 0.3 is 0 Å². The van der Waals surface area contributed by atoms with Crippen LogP contribution < -0.4 is 10.6 Å². The number of carbonyl (C=O) groups excluding carboxylic acids is 1. The molecule has 1 amide bonds. The van der Waals surface area contributed by atoms with Crippen molar-refractivity contribution in [2.45, 2.75) is 10.6 Å². The van der Waals surface area contributed by atoms with Crippen molar-refractivity contribution >= 4 is 50.0 Å². The number of hydrogen-bond acceptors (Lipinski definition) is 6. The average molecular weight is 460 g/mol. The van der Waals surface area contributed by atoms with E-state index in [1.54, 1.807) is 23.1 Å². The molecule has 0 radical (unpaired) electrons. The van der Waals surface area contributed by atoms with Gasteiger partial charge in [0.25, 0.3) is 5.91 Å². The van der Waals surface area contributed by atoms with Crippen LogP contribution in [-0.2, 0) is 5.75 Å². The maximum Gasteiger partial charge on any atom is 0.251 e.